The Kier molecular flexibility index (Phi) is 4.70. The molecule has 1 aromatic heterocycles. The molecule has 0 aliphatic carbocycles. The number of carbonyl (C=O) groups is 2. The molecule has 28 heavy (non-hydrogen) atoms. The second-order valence-corrected chi connectivity index (χ2v) is 7.33. The summed E-state index contributed by atoms with van der Waals surface area (Å²) in [6, 6.07) is 5.70. The van der Waals surface area contributed by atoms with Gasteiger partial charge in [-0.3, -0.25) is 9.58 Å². The Morgan fingerprint density at radius 2 is 2.14 bits per heavy atom. The summed E-state index contributed by atoms with van der Waals surface area (Å²) in [6.07, 6.45) is 2.21. The molecule has 1 fully saturated rings. The van der Waals surface area contributed by atoms with Gasteiger partial charge in [0.15, 0.2) is 0 Å². The minimum atomic E-state index is -0.297. The predicted molar refractivity (Wildman–Crippen MR) is 104 cm³/mol. The van der Waals surface area contributed by atoms with Gasteiger partial charge in [-0.15, -0.1) is 0 Å². The molecule has 1 aromatic carbocycles. The van der Waals surface area contributed by atoms with Gasteiger partial charge in [-0.05, 0) is 37.5 Å². The lowest BCUT2D eigenvalue weighted by molar-refractivity contribution is 0.180. The SMILES string of the molecule is Cc1c(C(C)NC(=O)N2CCc3c(cccc3N3CCOC3=O)C2)cnn1C. The molecule has 0 saturated carbocycles. The summed E-state index contributed by atoms with van der Waals surface area (Å²) in [5.74, 6) is 0. The number of rotatable bonds is 3. The van der Waals surface area contributed by atoms with E-state index in [9.17, 15) is 9.59 Å². The van der Waals surface area contributed by atoms with Crippen LogP contribution in [0.3, 0.4) is 0 Å². The van der Waals surface area contributed by atoms with Crippen molar-refractivity contribution in [1.82, 2.24) is 20.0 Å². The van der Waals surface area contributed by atoms with Crippen molar-refractivity contribution >= 4 is 17.8 Å². The standard InChI is InChI=1S/C20H25N5O3/c1-13(17-11-21-23(3)14(17)2)22-19(26)24-8-7-16-15(12-24)5-4-6-18(16)25-9-10-28-20(25)27/h4-6,11,13H,7-10,12H2,1-3H3,(H,22,26). The van der Waals surface area contributed by atoms with E-state index in [4.69, 9.17) is 4.74 Å². The molecule has 1 N–H and O–H groups in total. The number of aromatic nitrogens is 2. The molecule has 0 spiro atoms. The van der Waals surface area contributed by atoms with Crippen molar-refractivity contribution in [2.75, 3.05) is 24.6 Å². The maximum absolute atomic E-state index is 12.8. The van der Waals surface area contributed by atoms with Crippen molar-refractivity contribution in [3.63, 3.8) is 0 Å². The van der Waals surface area contributed by atoms with Crippen molar-refractivity contribution in [2.45, 2.75) is 32.9 Å². The molecule has 0 radical (unpaired) electrons. The van der Waals surface area contributed by atoms with E-state index in [-0.39, 0.29) is 18.2 Å². The molecule has 4 rings (SSSR count). The van der Waals surface area contributed by atoms with Gasteiger partial charge in [-0.25, -0.2) is 9.59 Å². The quantitative estimate of drug-likeness (QED) is 0.883. The lowest BCUT2D eigenvalue weighted by Crippen LogP contribution is -2.44. The van der Waals surface area contributed by atoms with E-state index >= 15 is 0 Å². The second-order valence-electron chi connectivity index (χ2n) is 7.33. The number of fused-ring (bicyclic) bond motifs is 1. The number of hydrogen-bond acceptors (Lipinski definition) is 4. The van der Waals surface area contributed by atoms with Gasteiger partial charge in [-0.1, -0.05) is 12.1 Å². The highest BCUT2D eigenvalue weighted by molar-refractivity contribution is 5.90. The van der Waals surface area contributed by atoms with Crippen molar-refractivity contribution in [2.24, 2.45) is 7.05 Å². The van der Waals surface area contributed by atoms with Crippen LogP contribution in [0.15, 0.2) is 24.4 Å². The third-order valence-corrected chi connectivity index (χ3v) is 5.66. The normalized spacial score (nSPS) is 17.3. The number of ether oxygens (including phenoxy) is 1. The minimum Gasteiger partial charge on any atom is -0.447 e. The van der Waals surface area contributed by atoms with Gasteiger partial charge in [-0.2, -0.15) is 5.10 Å². The molecule has 2 aliphatic heterocycles. The fraction of sp³-hybridized carbons (Fsp3) is 0.450. The van der Waals surface area contributed by atoms with Crippen LogP contribution in [0.25, 0.3) is 0 Å². The van der Waals surface area contributed by atoms with Crippen molar-refractivity contribution in [3.8, 4) is 0 Å². The maximum atomic E-state index is 12.8. The van der Waals surface area contributed by atoms with Gasteiger partial charge in [0.05, 0.1) is 24.5 Å². The first-order chi connectivity index (χ1) is 13.5. The lowest BCUT2D eigenvalue weighted by atomic mass is 9.97. The highest BCUT2D eigenvalue weighted by atomic mass is 16.6. The molecular weight excluding hydrogens is 358 g/mol. The monoisotopic (exact) mass is 383 g/mol. The number of benzene rings is 1. The first-order valence-corrected chi connectivity index (χ1v) is 9.54. The van der Waals surface area contributed by atoms with E-state index in [1.165, 1.54) is 0 Å². The first kappa shape index (κ1) is 18.3. The highest BCUT2D eigenvalue weighted by Gasteiger charge is 2.30. The Labute approximate surface area is 164 Å². The molecule has 148 valence electrons. The van der Waals surface area contributed by atoms with Crippen molar-refractivity contribution < 1.29 is 14.3 Å². The third kappa shape index (κ3) is 3.19. The average Bonchev–Trinajstić information content (AvgIpc) is 3.26. The Bertz CT molecular complexity index is 923. The summed E-state index contributed by atoms with van der Waals surface area (Å²) < 4.78 is 6.88. The fourth-order valence-corrected chi connectivity index (χ4v) is 3.92. The zero-order chi connectivity index (χ0) is 19.8. The smallest absolute Gasteiger partial charge is 0.414 e. The van der Waals surface area contributed by atoms with Crippen LogP contribution in [0.4, 0.5) is 15.3 Å². The van der Waals surface area contributed by atoms with Crippen LogP contribution in [0.5, 0.6) is 0 Å². The van der Waals surface area contributed by atoms with Crippen LogP contribution >= 0.6 is 0 Å². The Balaban J connectivity index is 1.47. The van der Waals surface area contributed by atoms with Crippen molar-refractivity contribution in [3.05, 3.63) is 46.8 Å². The van der Waals surface area contributed by atoms with Crippen LogP contribution in [-0.4, -0.2) is 46.5 Å². The molecule has 8 nitrogen and oxygen atoms in total. The number of hydrogen-bond donors (Lipinski definition) is 1. The van der Waals surface area contributed by atoms with Crippen LogP contribution in [0.2, 0.25) is 0 Å². The first-order valence-electron chi connectivity index (χ1n) is 9.54. The number of aryl methyl sites for hydroxylation is 1. The van der Waals surface area contributed by atoms with E-state index in [2.05, 4.69) is 10.4 Å². The number of nitrogens with one attached hydrogen (secondary N) is 1. The van der Waals surface area contributed by atoms with Crippen LogP contribution in [0.1, 0.15) is 35.3 Å². The van der Waals surface area contributed by atoms with E-state index in [0.29, 0.717) is 32.7 Å². The summed E-state index contributed by atoms with van der Waals surface area (Å²) in [5.41, 5.74) is 5.16. The van der Waals surface area contributed by atoms with Gasteiger partial charge in [0.1, 0.15) is 6.61 Å². The summed E-state index contributed by atoms with van der Waals surface area (Å²) in [7, 11) is 1.89. The number of amides is 3. The fourth-order valence-electron chi connectivity index (χ4n) is 3.92. The highest BCUT2D eigenvalue weighted by Crippen LogP contribution is 2.31. The molecule has 2 aromatic rings. The van der Waals surface area contributed by atoms with E-state index in [1.807, 2.05) is 44.0 Å². The number of cyclic esters (lactones) is 1. The summed E-state index contributed by atoms with van der Waals surface area (Å²) in [5, 5.41) is 7.33. The Morgan fingerprint density at radius 3 is 2.82 bits per heavy atom. The molecule has 8 heteroatoms. The molecular formula is C20H25N5O3. The maximum Gasteiger partial charge on any atom is 0.414 e. The van der Waals surface area contributed by atoms with E-state index in [1.54, 1.807) is 15.8 Å². The average molecular weight is 383 g/mol. The largest absolute Gasteiger partial charge is 0.447 e. The molecule has 1 atom stereocenters. The number of nitrogens with zero attached hydrogens (tertiary/aromatic N) is 4. The number of urea groups is 1. The summed E-state index contributed by atoms with van der Waals surface area (Å²) in [6.45, 7) is 6.09. The molecule has 1 saturated heterocycles. The molecule has 3 heterocycles. The van der Waals surface area contributed by atoms with Gasteiger partial charge in [0.2, 0.25) is 0 Å². The molecule has 2 aliphatic rings. The molecule has 0 bridgehead atoms. The third-order valence-electron chi connectivity index (χ3n) is 5.66. The number of anilines is 1. The zero-order valence-corrected chi connectivity index (χ0v) is 16.4. The Morgan fingerprint density at radius 1 is 1.32 bits per heavy atom. The number of carbonyl (C=O) groups excluding carboxylic acids is 2. The Hall–Kier alpha value is -3.03. The summed E-state index contributed by atoms with van der Waals surface area (Å²) >= 11 is 0. The van der Waals surface area contributed by atoms with Crippen LogP contribution in [-0.2, 0) is 24.8 Å². The molecule has 1 unspecified atom stereocenters. The van der Waals surface area contributed by atoms with Gasteiger partial charge in [0, 0.05) is 31.4 Å². The van der Waals surface area contributed by atoms with E-state index in [0.717, 1.165) is 28.1 Å². The van der Waals surface area contributed by atoms with Gasteiger partial charge in [0.25, 0.3) is 0 Å². The van der Waals surface area contributed by atoms with Gasteiger partial charge < -0.3 is 15.0 Å². The topological polar surface area (TPSA) is 79.7 Å². The van der Waals surface area contributed by atoms with E-state index < -0.39 is 0 Å². The zero-order valence-electron chi connectivity index (χ0n) is 16.4. The molecule has 3 amide bonds. The predicted octanol–water partition coefficient (Wildman–Crippen LogP) is 2.51. The second kappa shape index (κ2) is 7.18. The lowest BCUT2D eigenvalue weighted by Gasteiger charge is -2.32. The summed E-state index contributed by atoms with van der Waals surface area (Å²) in [4.78, 5) is 28.2. The van der Waals surface area contributed by atoms with Gasteiger partial charge >= 0.3 is 12.1 Å². The van der Waals surface area contributed by atoms with Crippen LogP contribution < -0.4 is 10.2 Å². The minimum absolute atomic E-state index is 0.0904. The van der Waals surface area contributed by atoms with Crippen LogP contribution in [0, 0.1) is 6.92 Å². The van der Waals surface area contributed by atoms with Crippen molar-refractivity contribution in [1.29, 1.82) is 0 Å².